The topological polar surface area (TPSA) is 102 Å². The summed E-state index contributed by atoms with van der Waals surface area (Å²) in [5.74, 6) is -0.855. The first-order chi connectivity index (χ1) is 6.70. The van der Waals surface area contributed by atoms with Gasteiger partial charge in [-0.1, -0.05) is 0 Å². The Morgan fingerprint density at radius 1 is 1.36 bits per heavy atom. The van der Waals surface area contributed by atoms with Gasteiger partial charge >= 0.3 is 5.97 Å². The van der Waals surface area contributed by atoms with Crippen molar-refractivity contribution in [1.29, 1.82) is 0 Å². The zero-order valence-corrected chi connectivity index (χ0v) is 7.01. The van der Waals surface area contributed by atoms with Crippen LogP contribution in [0.1, 0.15) is 10.4 Å². The fraction of sp³-hybridized carbons (Fsp3) is 0. The summed E-state index contributed by atoms with van der Waals surface area (Å²) in [5.41, 5.74) is 5.87. The number of hydrogen-bond donors (Lipinski definition) is 2. The second kappa shape index (κ2) is 2.91. The lowest BCUT2D eigenvalue weighted by Crippen LogP contribution is -2.02. The van der Waals surface area contributed by atoms with Gasteiger partial charge in [0.1, 0.15) is 17.7 Å². The van der Waals surface area contributed by atoms with Gasteiger partial charge in [-0.25, -0.2) is 14.8 Å². The molecule has 0 aliphatic heterocycles. The summed E-state index contributed by atoms with van der Waals surface area (Å²) in [6.45, 7) is 0. The first-order valence-electron chi connectivity index (χ1n) is 3.77. The molecule has 2 aromatic rings. The van der Waals surface area contributed by atoms with E-state index in [0.717, 1.165) is 0 Å². The summed E-state index contributed by atoms with van der Waals surface area (Å²) in [6, 6.07) is 0. The van der Waals surface area contributed by atoms with Crippen LogP contribution < -0.4 is 5.73 Å². The highest BCUT2D eigenvalue weighted by Crippen LogP contribution is 2.18. The number of aromatic nitrogens is 3. The van der Waals surface area contributed by atoms with Crippen molar-refractivity contribution < 1.29 is 9.90 Å². The van der Waals surface area contributed by atoms with E-state index in [1.54, 1.807) is 0 Å². The van der Waals surface area contributed by atoms with Gasteiger partial charge < -0.3 is 10.8 Å². The maximum atomic E-state index is 10.8. The van der Waals surface area contributed by atoms with Crippen LogP contribution in [0.25, 0.3) is 10.9 Å². The summed E-state index contributed by atoms with van der Waals surface area (Å²) in [4.78, 5) is 22.1. The van der Waals surface area contributed by atoms with Gasteiger partial charge in [0.2, 0.25) is 0 Å². The molecule has 0 aromatic carbocycles. The SMILES string of the molecule is Nc1ncnc2c(C(=O)O)cncc12. The van der Waals surface area contributed by atoms with Gasteiger partial charge in [0.15, 0.2) is 0 Å². The van der Waals surface area contributed by atoms with Crippen molar-refractivity contribution >= 4 is 22.7 Å². The average Bonchev–Trinajstić information content (AvgIpc) is 2.17. The number of rotatable bonds is 1. The predicted octanol–water partition coefficient (Wildman–Crippen LogP) is 0.305. The highest BCUT2D eigenvalue weighted by Gasteiger charge is 2.11. The molecule has 0 fully saturated rings. The van der Waals surface area contributed by atoms with Gasteiger partial charge in [-0.3, -0.25) is 4.98 Å². The second-order valence-corrected chi connectivity index (χ2v) is 2.65. The van der Waals surface area contributed by atoms with Crippen LogP contribution in [-0.4, -0.2) is 26.0 Å². The van der Waals surface area contributed by atoms with Gasteiger partial charge in [0.05, 0.1) is 10.9 Å². The molecule has 70 valence electrons. The largest absolute Gasteiger partial charge is 0.478 e. The van der Waals surface area contributed by atoms with Crippen LogP contribution in [0.2, 0.25) is 0 Å². The van der Waals surface area contributed by atoms with Crippen molar-refractivity contribution in [2.24, 2.45) is 0 Å². The summed E-state index contributed by atoms with van der Waals surface area (Å²) in [7, 11) is 0. The molecule has 6 heteroatoms. The van der Waals surface area contributed by atoms with E-state index in [1.807, 2.05) is 0 Å². The molecule has 0 amide bonds. The van der Waals surface area contributed by atoms with Crippen LogP contribution in [0.3, 0.4) is 0 Å². The number of carboxylic acid groups (broad SMARTS) is 1. The Bertz CT molecular complexity index is 512. The minimum Gasteiger partial charge on any atom is -0.478 e. The Hall–Kier alpha value is -2.24. The lowest BCUT2D eigenvalue weighted by atomic mass is 10.2. The molecular formula is C8H6N4O2. The van der Waals surface area contributed by atoms with E-state index in [4.69, 9.17) is 10.8 Å². The molecular weight excluding hydrogens is 184 g/mol. The zero-order chi connectivity index (χ0) is 10.1. The number of nitrogens with two attached hydrogens (primary N) is 1. The first-order valence-corrected chi connectivity index (χ1v) is 3.77. The summed E-state index contributed by atoms with van der Waals surface area (Å²) < 4.78 is 0. The molecule has 2 rings (SSSR count). The van der Waals surface area contributed by atoms with E-state index in [0.29, 0.717) is 10.9 Å². The molecule has 0 spiro atoms. The highest BCUT2D eigenvalue weighted by molar-refractivity contribution is 6.03. The number of carboxylic acids is 1. The standard InChI is InChI=1S/C8H6N4O2/c9-7-4-1-10-2-5(8(13)14)6(4)11-3-12-7/h1-3H,(H,13,14)(H2,9,11,12). The van der Waals surface area contributed by atoms with E-state index in [2.05, 4.69) is 15.0 Å². The lowest BCUT2D eigenvalue weighted by Gasteiger charge is -2.01. The molecule has 0 bridgehead atoms. The minimum atomic E-state index is -1.08. The molecule has 2 aromatic heterocycles. The minimum absolute atomic E-state index is 0.0246. The Morgan fingerprint density at radius 2 is 2.14 bits per heavy atom. The van der Waals surface area contributed by atoms with Crippen LogP contribution >= 0.6 is 0 Å². The van der Waals surface area contributed by atoms with Crippen LogP contribution in [0, 0.1) is 0 Å². The van der Waals surface area contributed by atoms with E-state index in [9.17, 15) is 4.79 Å². The first kappa shape index (κ1) is 8.36. The Labute approximate surface area is 78.4 Å². The lowest BCUT2D eigenvalue weighted by molar-refractivity contribution is 0.0698. The van der Waals surface area contributed by atoms with E-state index >= 15 is 0 Å². The predicted molar refractivity (Wildman–Crippen MR) is 48.7 cm³/mol. The Balaban J connectivity index is 2.88. The molecule has 0 atom stereocenters. The average molecular weight is 190 g/mol. The summed E-state index contributed by atoms with van der Waals surface area (Å²) in [5, 5.41) is 9.28. The number of nitrogen functional groups attached to an aromatic ring is 1. The number of carbonyl (C=O) groups is 1. The van der Waals surface area contributed by atoms with Gasteiger partial charge in [-0.2, -0.15) is 0 Å². The molecule has 2 heterocycles. The van der Waals surface area contributed by atoms with Crippen LogP contribution in [0.5, 0.6) is 0 Å². The quantitative estimate of drug-likeness (QED) is 0.670. The fourth-order valence-electron chi connectivity index (χ4n) is 1.16. The number of hydrogen-bond acceptors (Lipinski definition) is 5. The molecule has 0 unspecified atom stereocenters. The molecule has 3 N–H and O–H groups in total. The van der Waals surface area contributed by atoms with Crippen molar-refractivity contribution in [2.75, 3.05) is 5.73 Å². The van der Waals surface area contributed by atoms with Crippen LogP contribution in [0.15, 0.2) is 18.7 Å². The van der Waals surface area contributed by atoms with E-state index in [1.165, 1.54) is 18.7 Å². The van der Waals surface area contributed by atoms with Gasteiger partial charge in [-0.15, -0.1) is 0 Å². The molecule has 14 heavy (non-hydrogen) atoms. The van der Waals surface area contributed by atoms with Crippen molar-refractivity contribution in [1.82, 2.24) is 15.0 Å². The highest BCUT2D eigenvalue weighted by atomic mass is 16.4. The second-order valence-electron chi connectivity index (χ2n) is 2.65. The Morgan fingerprint density at radius 3 is 2.86 bits per heavy atom. The monoisotopic (exact) mass is 190 g/mol. The van der Waals surface area contributed by atoms with Crippen molar-refractivity contribution in [2.45, 2.75) is 0 Å². The van der Waals surface area contributed by atoms with Gasteiger partial charge in [0, 0.05) is 12.4 Å². The molecule has 6 nitrogen and oxygen atoms in total. The number of pyridine rings is 1. The zero-order valence-electron chi connectivity index (χ0n) is 7.01. The summed E-state index contributed by atoms with van der Waals surface area (Å²) >= 11 is 0. The molecule has 0 saturated heterocycles. The molecule has 0 radical (unpaired) electrons. The molecule has 0 aliphatic carbocycles. The number of aromatic carboxylic acids is 1. The third-order valence-electron chi connectivity index (χ3n) is 1.81. The van der Waals surface area contributed by atoms with Gasteiger partial charge in [0.25, 0.3) is 0 Å². The van der Waals surface area contributed by atoms with Crippen LogP contribution in [0.4, 0.5) is 5.82 Å². The number of fused-ring (bicyclic) bond motifs is 1. The number of nitrogens with zero attached hydrogens (tertiary/aromatic N) is 3. The van der Waals surface area contributed by atoms with Crippen LogP contribution in [-0.2, 0) is 0 Å². The van der Waals surface area contributed by atoms with Gasteiger partial charge in [-0.05, 0) is 0 Å². The maximum Gasteiger partial charge on any atom is 0.339 e. The molecule has 0 aliphatic rings. The van der Waals surface area contributed by atoms with Crippen molar-refractivity contribution in [3.8, 4) is 0 Å². The third kappa shape index (κ3) is 1.13. The van der Waals surface area contributed by atoms with Crippen molar-refractivity contribution in [3.63, 3.8) is 0 Å². The fourth-order valence-corrected chi connectivity index (χ4v) is 1.16. The van der Waals surface area contributed by atoms with Crippen molar-refractivity contribution in [3.05, 3.63) is 24.3 Å². The third-order valence-corrected chi connectivity index (χ3v) is 1.81. The smallest absolute Gasteiger partial charge is 0.339 e. The Kier molecular flexibility index (Phi) is 1.74. The maximum absolute atomic E-state index is 10.8. The number of anilines is 1. The van der Waals surface area contributed by atoms with E-state index < -0.39 is 5.97 Å². The normalized spacial score (nSPS) is 10.3. The van der Waals surface area contributed by atoms with E-state index in [-0.39, 0.29) is 11.4 Å². The summed E-state index contributed by atoms with van der Waals surface area (Å²) in [6.07, 6.45) is 3.90. The molecule has 0 saturated carbocycles.